The fourth-order valence-electron chi connectivity index (χ4n) is 3.69. The minimum atomic E-state index is -0.875. The van der Waals surface area contributed by atoms with Crippen LogP contribution in [0.4, 0.5) is 5.13 Å². The Kier molecular flexibility index (Phi) is 5.07. The van der Waals surface area contributed by atoms with Crippen molar-refractivity contribution < 1.29 is 23.8 Å². The number of aromatic nitrogens is 1. The number of ketones is 1. The van der Waals surface area contributed by atoms with Gasteiger partial charge < -0.3 is 14.3 Å². The number of fused-ring (bicyclic) bond motifs is 1. The Labute approximate surface area is 194 Å². The van der Waals surface area contributed by atoms with Crippen LogP contribution >= 0.6 is 27.3 Å². The van der Waals surface area contributed by atoms with E-state index in [0.29, 0.717) is 22.0 Å². The van der Waals surface area contributed by atoms with Gasteiger partial charge in [-0.15, -0.1) is 0 Å². The van der Waals surface area contributed by atoms with E-state index in [1.807, 2.05) is 12.1 Å². The van der Waals surface area contributed by atoms with Gasteiger partial charge in [0, 0.05) is 4.47 Å². The number of carbonyl (C=O) groups is 2. The molecule has 0 radical (unpaired) electrons. The molecule has 1 aliphatic rings. The number of methoxy groups -OCH3 is 1. The molecule has 3 heterocycles. The molecule has 32 heavy (non-hydrogen) atoms. The summed E-state index contributed by atoms with van der Waals surface area (Å²) in [6.45, 7) is 0. The van der Waals surface area contributed by atoms with Crippen molar-refractivity contribution in [1.82, 2.24) is 4.98 Å². The zero-order valence-electron chi connectivity index (χ0n) is 16.6. The number of hydrogen-bond acceptors (Lipinski definition) is 7. The quantitative estimate of drug-likeness (QED) is 0.359. The molecule has 160 valence electrons. The third kappa shape index (κ3) is 3.30. The first-order chi connectivity index (χ1) is 15.5. The van der Waals surface area contributed by atoms with Gasteiger partial charge >= 0.3 is 0 Å². The first-order valence-electron chi connectivity index (χ1n) is 9.53. The number of Topliss-reactive ketones (excluding diaryl/α,β-unsaturated/α-hetero) is 1. The Hall–Kier alpha value is -3.43. The monoisotopic (exact) mass is 510 g/mol. The molecule has 4 aromatic rings. The summed E-state index contributed by atoms with van der Waals surface area (Å²) < 4.78 is 12.1. The van der Waals surface area contributed by atoms with Crippen LogP contribution in [0.25, 0.3) is 10.2 Å². The maximum atomic E-state index is 13.2. The predicted molar refractivity (Wildman–Crippen MR) is 123 cm³/mol. The van der Waals surface area contributed by atoms with Crippen molar-refractivity contribution in [2.24, 2.45) is 0 Å². The number of ether oxygens (including phenoxy) is 1. The van der Waals surface area contributed by atoms with Gasteiger partial charge in [-0.05, 0) is 48.0 Å². The molecule has 1 amide bonds. The molecular weight excluding hydrogens is 496 g/mol. The Bertz CT molecular complexity index is 1390. The minimum Gasteiger partial charge on any atom is -0.503 e. The van der Waals surface area contributed by atoms with Crippen LogP contribution in [-0.4, -0.2) is 28.9 Å². The predicted octanol–water partition coefficient (Wildman–Crippen LogP) is 5.44. The number of nitrogens with zero attached hydrogens (tertiary/aromatic N) is 2. The maximum Gasteiger partial charge on any atom is 0.296 e. The minimum absolute atomic E-state index is 0.0373. The third-order valence-electron chi connectivity index (χ3n) is 5.15. The number of amides is 1. The number of thiazole rings is 1. The van der Waals surface area contributed by atoms with Crippen molar-refractivity contribution in [2.45, 2.75) is 6.04 Å². The van der Waals surface area contributed by atoms with Gasteiger partial charge in [0.2, 0.25) is 5.78 Å². The summed E-state index contributed by atoms with van der Waals surface area (Å²) in [5.74, 6) is -1.17. The second-order valence-corrected chi connectivity index (χ2v) is 8.96. The van der Waals surface area contributed by atoms with Gasteiger partial charge in [-0.1, -0.05) is 39.4 Å². The van der Waals surface area contributed by atoms with Crippen LogP contribution in [0.1, 0.15) is 22.2 Å². The number of aliphatic hydroxyl groups is 1. The van der Waals surface area contributed by atoms with Crippen LogP contribution in [0.3, 0.4) is 0 Å². The molecule has 2 aromatic heterocycles. The van der Waals surface area contributed by atoms with Gasteiger partial charge in [-0.2, -0.15) is 0 Å². The van der Waals surface area contributed by atoms with E-state index in [4.69, 9.17) is 9.15 Å². The molecule has 1 N–H and O–H groups in total. The van der Waals surface area contributed by atoms with Crippen LogP contribution in [0.15, 0.2) is 81.1 Å². The molecule has 9 heteroatoms. The Morgan fingerprint density at radius 1 is 1.22 bits per heavy atom. The number of hydrogen-bond donors (Lipinski definition) is 1. The van der Waals surface area contributed by atoms with Gasteiger partial charge in [0.25, 0.3) is 5.91 Å². The second kappa shape index (κ2) is 7.92. The summed E-state index contributed by atoms with van der Waals surface area (Å²) in [5, 5.41) is 11.1. The zero-order chi connectivity index (χ0) is 22.4. The number of rotatable bonds is 5. The van der Waals surface area contributed by atoms with Gasteiger partial charge in [0.15, 0.2) is 16.7 Å². The molecule has 0 saturated carbocycles. The summed E-state index contributed by atoms with van der Waals surface area (Å²) in [7, 11) is 1.57. The number of aliphatic hydroxyl groups excluding tert-OH is 1. The lowest BCUT2D eigenvalue weighted by Gasteiger charge is -2.24. The molecule has 0 unspecified atom stereocenters. The zero-order valence-corrected chi connectivity index (χ0v) is 19.0. The first-order valence-corrected chi connectivity index (χ1v) is 11.1. The van der Waals surface area contributed by atoms with Gasteiger partial charge in [-0.25, -0.2) is 4.98 Å². The molecule has 5 rings (SSSR count). The lowest BCUT2D eigenvalue weighted by Crippen LogP contribution is -2.30. The van der Waals surface area contributed by atoms with E-state index in [0.717, 1.165) is 9.17 Å². The Balaban J connectivity index is 1.68. The number of furan rings is 1. The average Bonchev–Trinajstić information content (AvgIpc) is 3.51. The van der Waals surface area contributed by atoms with Crippen LogP contribution in [-0.2, 0) is 4.79 Å². The highest BCUT2D eigenvalue weighted by atomic mass is 79.9. The molecule has 0 saturated heterocycles. The topological polar surface area (TPSA) is 92.9 Å². The molecule has 0 bridgehead atoms. The van der Waals surface area contributed by atoms with E-state index in [2.05, 4.69) is 20.9 Å². The maximum absolute atomic E-state index is 13.2. The van der Waals surface area contributed by atoms with Crippen LogP contribution in [0.5, 0.6) is 5.75 Å². The van der Waals surface area contributed by atoms with E-state index in [1.54, 1.807) is 43.5 Å². The van der Waals surface area contributed by atoms with E-state index >= 15 is 0 Å². The lowest BCUT2D eigenvalue weighted by atomic mass is 9.95. The number of halogens is 1. The van der Waals surface area contributed by atoms with Crippen molar-refractivity contribution in [3.63, 3.8) is 0 Å². The smallest absolute Gasteiger partial charge is 0.296 e. The van der Waals surface area contributed by atoms with Crippen molar-refractivity contribution >= 4 is 54.3 Å². The summed E-state index contributed by atoms with van der Waals surface area (Å²) in [5.41, 5.74) is 1.26. The van der Waals surface area contributed by atoms with Crippen molar-refractivity contribution in [2.75, 3.05) is 12.0 Å². The van der Waals surface area contributed by atoms with E-state index in [1.165, 1.54) is 28.6 Å². The summed E-state index contributed by atoms with van der Waals surface area (Å²) in [6, 6.07) is 14.8. The highest BCUT2D eigenvalue weighted by Gasteiger charge is 2.46. The lowest BCUT2D eigenvalue weighted by molar-refractivity contribution is -0.117. The largest absolute Gasteiger partial charge is 0.503 e. The van der Waals surface area contributed by atoms with E-state index in [-0.39, 0.29) is 11.3 Å². The van der Waals surface area contributed by atoms with Gasteiger partial charge in [0.1, 0.15) is 5.75 Å². The molecular formula is C23H15BrN2O5S. The number of carbonyl (C=O) groups excluding carboxylic acids is 2. The number of benzene rings is 2. The van der Waals surface area contributed by atoms with Gasteiger partial charge in [-0.3, -0.25) is 14.5 Å². The molecule has 1 atom stereocenters. The Morgan fingerprint density at radius 2 is 2.06 bits per heavy atom. The molecule has 1 aliphatic heterocycles. The molecule has 2 aromatic carbocycles. The van der Waals surface area contributed by atoms with Crippen molar-refractivity contribution in [1.29, 1.82) is 0 Å². The summed E-state index contributed by atoms with van der Waals surface area (Å²) >= 11 is 4.72. The van der Waals surface area contributed by atoms with E-state index in [9.17, 15) is 14.7 Å². The Morgan fingerprint density at radius 3 is 2.78 bits per heavy atom. The third-order valence-corrected chi connectivity index (χ3v) is 6.66. The van der Waals surface area contributed by atoms with E-state index < -0.39 is 23.5 Å². The normalized spacial score (nSPS) is 16.2. The molecule has 0 spiro atoms. The number of anilines is 1. The molecule has 7 nitrogen and oxygen atoms in total. The summed E-state index contributed by atoms with van der Waals surface area (Å²) in [6.07, 6.45) is 1.37. The first kappa shape index (κ1) is 20.5. The standard InChI is InChI=1S/C23H15BrN2O5S/c1-30-14-7-8-15-17(11-14)32-23(25-15)26-19(12-4-2-5-13(24)10-12)18(21(28)22(26)29)20(27)16-6-3-9-31-16/h2-11,19,28H,1H3/t19-/m1/s1. The van der Waals surface area contributed by atoms with Crippen molar-refractivity contribution in [3.8, 4) is 5.75 Å². The highest BCUT2D eigenvalue weighted by molar-refractivity contribution is 9.10. The molecule has 0 aliphatic carbocycles. The average molecular weight is 511 g/mol. The summed E-state index contributed by atoms with van der Waals surface area (Å²) in [4.78, 5) is 32.4. The van der Waals surface area contributed by atoms with Crippen LogP contribution in [0, 0.1) is 0 Å². The van der Waals surface area contributed by atoms with Gasteiger partial charge in [0.05, 0.1) is 35.2 Å². The highest BCUT2D eigenvalue weighted by Crippen LogP contribution is 2.44. The SMILES string of the molecule is COc1ccc2nc(N3C(=O)C(O)=C(C(=O)c4ccco4)[C@H]3c3cccc(Br)c3)sc2c1. The fourth-order valence-corrected chi connectivity index (χ4v) is 5.13. The van der Waals surface area contributed by atoms with Crippen molar-refractivity contribution in [3.05, 3.63) is 88.0 Å². The second-order valence-electron chi connectivity index (χ2n) is 7.03. The van der Waals surface area contributed by atoms with Crippen LogP contribution in [0.2, 0.25) is 0 Å². The fraction of sp³-hybridized carbons (Fsp3) is 0.0870. The van der Waals surface area contributed by atoms with Crippen LogP contribution < -0.4 is 9.64 Å². The molecule has 0 fully saturated rings.